The summed E-state index contributed by atoms with van der Waals surface area (Å²) in [5.74, 6) is 2.32. The van der Waals surface area contributed by atoms with E-state index < -0.39 is 0 Å². The smallest absolute Gasteiger partial charge is 0.262 e. The van der Waals surface area contributed by atoms with Gasteiger partial charge in [-0.1, -0.05) is 20.3 Å². The van der Waals surface area contributed by atoms with E-state index in [1.807, 2.05) is 11.5 Å². The number of carbonyl (C=O) groups is 1. The number of hydrogen-bond donors (Lipinski definition) is 1. The van der Waals surface area contributed by atoms with Crippen molar-refractivity contribution < 1.29 is 4.79 Å². The number of thiophene rings is 1. The molecule has 1 amide bonds. The molecule has 7 heteroatoms. The minimum absolute atomic E-state index is 0.0260. The minimum atomic E-state index is -0.0736. The fourth-order valence-corrected chi connectivity index (χ4v) is 6.29. The number of aryl methyl sites for hydroxylation is 2. The number of nitrogens with zero attached hydrogens (tertiary/aromatic N) is 3. The van der Waals surface area contributed by atoms with Gasteiger partial charge in [0.2, 0.25) is 0 Å². The highest BCUT2D eigenvalue weighted by Gasteiger charge is 2.23. The molecule has 1 N–H and O–H groups in total. The molecule has 2 aromatic rings. The largest absolute Gasteiger partial charge is 0.351 e. The zero-order valence-corrected chi connectivity index (χ0v) is 19.3. The molecule has 2 atom stereocenters. The van der Waals surface area contributed by atoms with Crippen molar-refractivity contribution in [2.45, 2.75) is 65.8 Å². The van der Waals surface area contributed by atoms with Gasteiger partial charge in [0.05, 0.1) is 10.3 Å². The Morgan fingerprint density at radius 3 is 2.73 bits per heavy atom. The number of piperidine rings is 1. The summed E-state index contributed by atoms with van der Waals surface area (Å²) in [7, 11) is 0. The Bertz CT molecular complexity index is 970. The van der Waals surface area contributed by atoms with E-state index >= 15 is 0 Å². The number of hydrogen-bond acceptors (Lipinski definition) is 5. The normalized spacial score (nSPS) is 22.6. The van der Waals surface area contributed by atoms with E-state index in [1.165, 1.54) is 17.8 Å². The number of aromatic nitrogens is 2. The van der Waals surface area contributed by atoms with Crippen LogP contribution in [0.1, 0.15) is 67.0 Å². The second-order valence-corrected chi connectivity index (χ2v) is 10.3. The predicted molar refractivity (Wildman–Crippen MR) is 123 cm³/mol. The number of amides is 1. The van der Waals surface area contributed by atoms with Gasteiger partial charge in [-0.3, -0.25) is 14.2 Å². The van der Waals surface area contributed by atoms with Crippen molar-refractivity contribution in [3.63, 3.8) is 0 Å². The Labute approximate surface area is 182 Å². The van der Waals surface area contributed by atoms with Gasteiger partial charge in [-0.15, -0.1) is 11.3 Å². The Hall–Kier alpha value is -1.73. The van der Waals surface area contributed by atoms with E-state index in [9.17, 15) is 9.59 Å². The SMILES string of the molecule is Cc1c(C(=O)NCCCN2C[C@H](C)C[C@@H](C)C2)sc2nc3n(c(=O)c12)CCCCC3. The van der Waals surface area contributed by atoms with Gasteiger partial charge in [-0.05, 0) is 56.6 Å². The molecule has 6 nitrogen and oxygen atoms in total. The molecule has 2 aliphatic heterocycles. The summed E-state index contributed by atoms with van der Waals surface area (Å²) in [6, 6.07) is 0. The third-order valence-corrected chi connectivity index (χ3v) is 7.68. The van der Waals surface area contributed by atoms with Crippen LogP contribution in [0.25, 0.3) is 10.2 Å². The first-order valence-electron chi connectivity index (χ1n) is 11.5. The Kier molecular flexibility index (Phi) is 6.58. The van der Waals surface area contributed by atoms with Gasteiger partial charge < -0.3 is 10.2 Å². The number of likely N-dealkylation sites (tertiary alicyclic amines) is 1. The Morgan fingerprint density at radius 2 is 1.97 bits per heavy atom. The summed E-state index contributed by atoms with van der Waals surface area (Å²) in [6.45, 7) is 11.3. The fraction of sp³-hybridized carbons (Fsp3) is 0.696. The molecule has 4 rings (SSSR count). The van der Waals surface area contributed by atoms with Crippen molar-refractivity contribution in [1.82, 2.24) is 19.8 Å². The number of rotatable bonds is 5. The lowest BCUT2D eigenvalue weighted by molar-refractivity contribution is 0.0951. The van der Waals surface area contributed by atoms with Crippen molar-refractivity contribution in [1.29, 1.82) is 0 Å². The molecule has 0 spiro atoms. The molecule has 1 fully saturated rings. The first-order chi connectivity index (χ1) is 14.4. The van der Waals surface area contributed by atoms with Crippen LogP contribution in [0.3, 0.4) is 0 Å². The number of fused-ring (bicyclic) bond motifs is 2. The molecule has 2 aliphatic rings. The van der Waals surface area contributed by atoms with Crippen LogP contribution in [0, 0.1) is 18.8 Å². The first-order valence-corrected chi connectivity index (χ1v) is 12.3. The van der Waals surface area contributed by atoms with Gasteiger partial charge >= 0.3 is 0 Å². The van der Waals surface area contributed by atoms with E-state index in [-0.39, 0.29) is 11.5 Å². The zero-order valence-electron chi connectivity index (χ0n) is 18.5. The van der Waals surface area contributed by atoms with Crippen LogP contribution in [0.2, 0.25) is 0 Å². The van der Waals surface area contributed by atoms with Crippen LogP contribution < -0.4 is 10.9 Å². The van der Waals surface area contributed by atoms with Gasteiger partial charge in [-0.2, -0.15) is 0 Å². The van der Waals surface area contributed by atoms with Crippen LogP contribution in [0.5, 0.6) is 0 Å². The summed E-state index contributed by atoms with van der Waals surface area (Å²) < 4.78 is 1.83. The Balaban J connectivity index is 1.42. The summed E-state index contributed by atoms with van der Waals surface area (Å²) in [4.78, 5) is 34.5. The first kappa shape index (κ1) is 21.5. The predicted octanol–water partition coefficient (Wildman–Crippen LogP) is 3.59. The van der Waals surface area contributed by atoms with Gasteiger partial charge in [0.15, 0.2) is 0 Å². The Morgan fingerprint density at radius 1 is 1.20 bits per heavy atom. The van der Waals surface area contributed by atoms with Crippen LogP contribution >= 0.6 is 11.3 Å². The van der Waals surface area contributed by atoms with Crippen molar-refractivity contribution in [3.8, 4) is 0 Å². The molecule has 0 radical (unpaired) electrons. The molecule has 0 saturated carbocycles. The average molecular weight is 431 g/mol. The second-order valence-electron chi connectivity index (χ2n) is 9.35. The molecule has 0 aromatic carbocycles. The highest BCUT2D eigenvalue weighted by molar-refractivity contribution is 7.20. The molecule has 1 saturated heterocycles. The van der Waals surface area contributed by atoms with Crippen molar-refractivity contribution >= 4 is 27.5 Å². The molecular weight excluding hydrogens is 396 g/mol. The maximum Gasteiger partial charge on any atom is 0.262 e. The molecule has 4 heterocycles. The third-order valence-electron chi connectivity index (χ3n) is 6.50. The lowest BCUT2D eigenvalue weighted by Crippen LogP contribution is -2.40. The van der Waals surface area contributed by atoms with Gasteiger partial charge in [0, 0.05) is 32.6 Å². The topological polar surface area (TPSA) is 67.2 Å². The molecule has 0 aliphatic carbocycles. The van der Waals surface area contributed by atoms with E-state index in [4.69, 9.17) is 4.98 Å². The fourth-order valence-electron chi connectivity index (χ4n) is 5.19. The van der Waals surface area contributed by atoms with E-state index in [2.05, 4.69) is 24.1 Å². The molecular formula is C23H34N4O2S. The zero-order chi connectivity index (χ0) is 21.3. The average Bonchev–Trinajstić information content (AvgIpc) is 2.86. The van der Waals surface area contributed by atoms with Crippen LogP contribution in [-0.2, 0) is 13.0 Å². The van der Waals surface area contributed by atoms with Crippen molar-refractivity contribution in [2.75, 3.05) is 26.2 Å². The van der Waals surface area contributed by atoms with Crippen LogP contribution in [0.15, 0.2) is 4.79 Å². The van der Waals surface area contributed by atoms with E-state index in [0.29, 0.717) is 21.6 Å². The molecule has 0 unspecified atom stereocenters. The molecule has 164 valence electrons. The van der Waals surface area contributed by atoms with E-state index in [1.54, 1.807) is 0 Å². The van der Waals surface area contributed by atoms with Gasteiger partial charge in [0.1, 0.15) is 10.7 Å². The maximum absolute atomic E-state index is 13.1. The standard InChI is InChI=1S/C23H34N4O2S/c1-15-12-16(2)14-26(13-15)10-7-9-24-21(28)20-17(3)19-22(30-20)25-18-8-5-4-6-11-27(18)23(19)29/h15-16H,4-14H2,1-3H3,(H,24,28)/t15-,16-/m1/s1. The highest BCUT2D eigenvalue weighted by Crippen LogP contribution is 2.28. The molecule has 30 heavy (non-hydrogen) atoms. The van der Waals surface area contributed by atoms with Gasteiger partial charge in [-0.25, -0.2) is 4.98 Å². The van der Waals surface area contributed by atoms with Crippen molar-refractivity contribution in [2.24, 2.45) is 11.8 Å². The molecule has 0 bridgehead atoms. The molecule has 2 aromatic heterocycles. The lowest BCUT2D eigenvalue weighted by Gasteiger charge is -2.34. The van der Waals surface area contributed by atoms with Crippen LogP contribution in [0.4, 0.5) is 0 Å². The third kappa shape index (κ3) is 4.47. The monoisotopic (exact) mass is 430 g/mol. The van der Waals surface area contributed by atoms with Crippen LogP contribution in [-0.4, -0.2) is 46.5 Å². The van der Waals surface area contributed by atoms with E-state index in [0.717, 1.165) is 81.5 Å². The number of carbonyl (C=O) groups excluding carboxylic acids is 1. The summed E-state index contributed by atoms with van der Waals surface area (Å²) in [6.07, 6.45) is 6.34. The second kappa shape index (κ2) is 9.18. The summed E-state index contributed by atoms with van der Waals surface area (Å²) in [5, 5.41) is 3.70. The summed E-state index contributed by atoms with van der Waals surface area (Å²) in [5.41, 5.74) is 0.807. The maximum atomic E-state index is 13.1. The highest BCUT2D eigenvalue weighted by atomic mass is 32.1. The van der Waals surface area contributed by atoms with Gasteiger partial charge in [0.25, 0.3) is 11.5 Å². The quantitative estimate of drug-likeness (QED) is 0.736. The number of nitrogens with one attached hydrogen (secondary N) is 1. The lowest BCUT2D eigenvalue weighted by atomic mass is 9.92. The minimum Gasteiger partial charge on any atom is -0.351 e. The summed E-state index contributed by atoms with van der Waals surface area (Å²) >= 11 is 1.37. The van der Waals surface area contributed by atoms with Crippen molar-refractivity contribution in [3.05, 3.63) is 26.6 Å².